The van der Waals surface area contributed by atoms with Gasteiger partial charge < -0.3 is 4.90 Å². The SMILES string of the molecule is CCCCN(C)C(=O)CSc1n[nH]c(-c2ccccc2)n1. The van der Waals surface area contributed by atoms with Gasteiger partial charge in [0.1, 0.15) is 0 Å². The Morgan fingerprint density at radius 1 is 1.33 bits per heavy atom. The summed E-state index contributed by atoms with van der Waals surface area (Å²) >= 11 is 1.36. The van der Waals surface area contributed by atoms with E-state index in [4.69, 9.17) is 0 Å². The van der Waals surface area contributed by atoms with Gasteiger partial charge in [-0.3, -0.25) is 9.89 Å². The maximum atomic E-state index is 11.9. The Morgan fingerprint density at radius 2 is 2.10 bits per heavy atom. The molecular weight excluding hydrogens is 284 g/mol. The van der Waals surface area contributed by atoms with Crippen LogP contribution < -0.4 is 0 Å². The molecule has 21 heavy (non-hydrogen) atoms. The molecule has 1 N–H and O–H groups in total. The van der Waals surface area contributed by atoms with Gasteiger partial charge in [0, 0.05) is 19.2 Å². The summed E-state index contributed by atoms with van der Waals surface area (Å²) in [7, 11) is 1.84. The van der Waals surface area contributed by atoms with Crippen LogP contribution in [-0.4, -0.2) is 45.3 Å². The first-order chi connectivity index (χ1) is 10.2. The van der Waals surface area contributed by atoms with Crippen LogP contribution >= 0.6 is 11.8 Å². The molecule has 6 heteroatoms. The van der Waals surface area contributed by atoms with E-state index in [-0.39, 0.29) is 5.91 Å². The number of thioether (sulfide) groups is 1. The number of carbonyl (C=O) groups excluding carboxylic acids is 1. The smallest absolute Gasteiger partial charge is 0.232 e. The zero-order chi connectivity index (χ0) is 15.1. The maximum Gasteiger partial charge on any atom is 0.232 e. The third-order valence-electron chi connectivity index (χ3n) is 3.11. The number of H-pyrrole nitrogens is 1. The summed E-state index contributed by atoms with van der Waals surface area (Å²) < 4.78 is 0. The number of benzene rings is 1. The lowest BCUT2D eigenvalue weighted by atomic mass is 10.2. The average Bonchev–Trinajstić information content (AvgIpc) is 3.00. The quantitative estimate of drug-likeness (QED) is 0.799. The van der Waals surface area contributed by atoms with Gasteiger partial charge in [-0.1, -0.05) is 55.4 Å². The first kappa shape index (κ1) is 15.6. The largest absolute Gasteiger partial charge is 0.345 e. The van der Waals surface area contributed by atoms with Gasteiger partial charge in [0.15, 0.2) is 5.82 Å². The third-order valence-corrected chi connectivity index (χ3v) is 3.94. The predicted molar refractivity (Wildman–Crippen MR) is 85.1 cm³/mol. The third kappa shape index (κ3) is 4.60. The number of hydrogen-bond acceptors (Lipinski definition) is 4. The molecule has 0 saturated carbocycles. The molecule has 0 unspecified atom stereocenters. The first-order valence-corrected chi connectivity index (χ1v) is 8.04. The zero-order valence-electron chi connectivity index (χ0n) is 12.4. The monoisotopic (exact) mass is 304 g/mol. The summed E-state index contributed by atoms with van der Waals surface area (Å²) in [6, 6.07) is 9.81. The lowest BCUT2D eigenvalue weighted by Gasteiger charge is -2.15. The predicted octanol–water partition coefficient (Wildman–Crippen LogP) is 2.82. The molecule has 1 aromatic heterocycles. The fraction of sp³-hybridized carbons (Fsp3) is 0.400. The number of nitrogens with one attached hydrogen (secondary N) is 1. The molecule has 5 nitrogen and oxygen atoms in total. The summed E-state index contributed by atoms with van der Waals surface area (Å²) in [6.07, 6.45) is 2.12. The topological polar surface area (TPSA) is 61.9 Å². The molecule has 0 fully saturated rings. The van der Waals surface area contributed by atoms with Crippen molar-refractivity contribution in [3.05, 3.63) is 30.3 Å². The lowest BCUT2D eigenvalue weighted by Crippen LogP contribution is -2.29. The minimum Gasteiger partial charge on any atom is -0.345 e. The Kier molecular flexibility index (Phi) is 5.80. The van der Waals surface area contributed by atoms with E-state index in [1.54, 1.807) is 4.90 Å². The summed E-state index contributed by atoms with van der Waals surface area (Å²) in [5.41, 5.74) is 0.989. The first-order valence-electron chi connectivity index (χ1n) is 7.05. The van der Waals surface area contributed by atoms with Gasteiger partial charge in [-0.15, -0.1) is 5.10 Å². The molecule has 0 aliphatic heterocycles. The Balaban J connectivity index is 1.87. The second-order valence-corrected chi connectivity index (χ2v) is 5.73. The van der Waals surface area contributed by atoms with Crippen LogP contribution in [0.4, 0.5) is 0 Å². The van der Waals surface area contributed by atoms with Crippen molar-refractivity contribution in [2.75, 3.05) is 19.3 Å². The Morgan fingerprint density at radius 3 is 2.81 bits per heavy atom. The molecule has 0 aliphatic rings. The number of unbranched alkanes of at least 4 members (excludes halogenated alkanes) is 1. The highest BCUT2D eigenvalue weighted by molar-refractivity contribution is 7.99. The number of aromatic nitrogens is 3. The van der Waals surface area contributed by atoms with Crippen LogP contribution in [0.1, 0.15) is 19.8 Å². The van der Waals surface area contributed by atoms with Crippen LogP contribution in [0.2, 0.25) is 0 Å². The molecule has 2 aromatic rings. The lowest BCUT2D eigenvalue weighted by molar-refractivity contribution is -0.127. The molecule has 0 atom stereocenters. The minimum absolute atomic E-state index is 0.111. The van der Waals surface area contributed by atoms with Crippen LogP contribution in [0.25, 0.3) is 11.4 Å². The molecule has 2 rings (SSSR count). The maximum absolute atomic E-state index is 11.9. The van der Waals surface area contributed by atoms with Gasteiger partial charge in [0.05, 0.1) is 5.75 Å². The Hall–Kier alpha value is -1.82. The van der Waals surface area contributed by atoms with Gasteiger partial charge >= 0.3 is 0 Å². The molecule has 1 aromatic carbocycles. The summed E-state index contributed by atoms with van der Waals surface area (Å²) in [5, 5.41) is 7.65. The molecular formula is C15H20N4OS. The van der Waals surface area contributed by atoms with Crippen LogP contribution in [0.5, 0.6) is 0 Å². The number of aromatic amines is 1. The number of nitrogens with zero attached hydrogens (tertiary/aromatic N) is 3. The van der Waals surface area contributed by atoms with Crippen molar-refractivity contribution < 1.29 is 4.79 Å². The molecule has 0 bridgehead atoms. The van der Waals surface area contributed by atoms with Gasteiger partial charge in [0.25, 0.3) is 0 Å². The average molecular weight is 304 g/mol. The van der Waals surface area contributed by atoms with Crippen LogP contribution in [0, 0.1) is 0 Å². The second-order valence-electron chi connectivity index (χ2n) is 4.79. The molecule has 0 spiro atoms. The number of amides is 1. The number of carbonyl (C=O) groups is 1. The van der Waals surface area contributed by atoms with Gasteiger partial charge in [-0.25, -0.2) is 4.98 Å². The van der Waals surface area contributed by atoms with Crippen LogP contribution in [0.15, 0.2) is 35.5 Å². The Bertz CT molecular complexity index is 570. The van der Waals surface area contributed by atoms with Gasteiger partial charge in [-0.2, -0.15) is 0 Å². The van der Waals surface area contributed by atoms with E-state index >= 15 is 0 Å². The molecule has 0 radical (unpaired) electrons. The zero-order valence-corrected chi connectivity index (χ0v) is 13.2. The van der Waals surface area contributed by atoms with E-state index in [9.17, 15) is 4.79 Å². The van der Waals surface area contributed by atoms with E-state index in [2.05, 4.69) is 22.1 Å². The highest BCUT2D eigenvalue weighted by Gasteiger charge is 2.11. The second kappa shape index (κ2) is 7.83. The molecule has 1 heterocycles. The van der Waals surface area contributed by atoms with Crippen molar-refractivity contribution in [2.24, 2.45) is 0 Å². The van der Waals surface area contributed by atoms with Gasteiger partial charge in [0.2, 0.25) is 11.1 Å². The summed E-state index contributed by atoms with van der Waals surface area (Å²) in [6.45, 7) is 2.92. The van der Waals surface area contributed by atoms with Gasteiger partial charge in [-0.05, 0) is 6.42 Å². The molecule has 112 valence electrons. The van der Waals surface area contributed by atoms with Crippen LogP contribution in [0.3, 0.4) is 0 Å². The van der Waals surface area contributed by atoms with Crippen molar-refractivity contribution in [3.63, 3.8) is 0 Å². The van der Waals surface area contributed by atoms with Crippen molar-refractivity contribution in [1.29, 1.82) is 0 Å². The molecule has 0 saturated heterocycles. The van der Waals surface area contributed by atoms with Crippen molar-refractivity contribution in [1.82, 2.24) is 20.1 Å². The normalized spacial score (nSPS) is 10.6. The molecule has 1 amide bonds. The van der Waals surface area contributed by atoms with E-state index < -0.39 is 0 Å². The van der Waals surface area contributed by atoms with Crippen molar-refractivity contribution in [3.8, 4) is 11.4 Å². The highest BCUT2D eigenvalue weighted by atomic mass is 32.2. The minimum atomic E-state index is 0.111. The Labute approximate surface area is 129 Å². The van der Waals surface area contributed by atoms with Crippen molar-refractivity contribution >= 4 is 17.7 Å². The number of hydrogen-bond donors (Lipinski definition) is 1. The van der Waals surface area contributed by atoms with E-state index in [0.29, 0.717) is 10.9 Å². The summed E-state index contributed by atoms with van der Waals surface area (Å²) in [5.74, 6) is 1.20. The van der Waals surface area contributed by atoms with E-state index in [0.717, 1.165) is 30.8 Å². The van der Waals surface area contributed by atoms with E-state index in [1.807, 2.05) is 37.4 Å². The standard InChI is InChI=1S/C15H20N4OS/c1-3-4-10-19(2)13(20)11-21-15-16-14(17-18-15)12-8-6-5-7-9-12/h5-9H,3-4,10-11H2,1-2H3,(H,16,17,18). The summed E-state index contributed by atoms with van der Waals surface area (Å²) in [4.78, 5) is 18.1. The van der Waals surface area contributed by atoms with Crippen molar-refractivity contribution in [2.45, 2.75) is 24.9 Å². The van der Waals surface area contributed by atoms with E-state index in [1.165, 1.54) is 11.8 Å². The van der Waals surface area contributed by atoms with Crippen LogP contribution in [-0.2, 0) is 4.79 Å². The molecule has 0 aliphatic carbocycles. The highest BCUT2D eigenvalue weighted by Crippen LogP contribution is 2.18. The fourth-order valence-electron chi connectivity index (χ4n) is 1.79. The number of rotatable bonds is 7. The fourth-order valence-corrected chi connectivity index (χ4v) is 2.53.